The number of halogens is 2. The zero-order chi connectivity index (χ0) is 21.5. The highest BCUT2D eigenvalue weighted by Crippen LogP contribution is 2.25. The van der Waals surface area contributed by atoms with Crippen LogP contribution in [0.4, 0.5) is 10.1 Å². The van der Waals surface area contributed by atoms with Crippen molar-refractivity contribution in [1.82, 2.24) is 14.8 Å². The van der Waals surface area contributed by atoms with E-state index in [1.807, 2.05) is 19.1 Å². The molecule has 3 rings (SSSR count). The van der Waals surface area contributed by atoms with Crippen LogP contribution in [-0.2, 0) is 18.4 Å². The van der Waals surface area contributed by atoms with Crippen molar-refractivity contribution in [2.24, 2.45) is 7.05 Å². The molecule has 0 radical (unpaired) electrons. The number of nitrogens with one attached hydrogen (secondary N) is 1. The summed E-state index contributed by atoms with van der Waals surface area (Å²) in [7, 11) is 1.78. The van der Waals surface area contributed by atoms with E-state index in [0.717, 1.165) is 0 Å². The topological polar surface area (TPSA) is 78.3 Å². The first kappa shape index (κ1) is 21.9. The van der Waals surface area contributed by atoms with E-state index in [4.69, 9.17) is 21.1 Å². The molecule has 0 aliphatic rings. The van der Waals surface area contributed by atoms with E-state index in [0.29, 0.717) is 34.8 Å². The highest BCUT2D eigenvalue weighted by molar-refractivity contribution is 7.99. The number of anilines is 1. The van der Waals surface area contributed by atoms with Gasteiger partial charge in [-0.05, 0) is 31.2 Å². The van der Waals surface area contributed by atoms with Crippen LogP contribution in [0.2, 0.25) is 5.02 Å². The van der Waals surface area contributed by atoms with Gasteiger partial charge in [0.15, 0.2) is 11.0 Å². The molecule has 0 spiro atoms. The van der Waals surface area contributed by atoms with Crippen LogP contribution in [0.15, 0.2) is 47.6 Å². The maximum atomic E-state index is 13.2. The van der Waals surface area contributed by atoms with Crippen molar-refractivity contribution in [3.05, 3.63) is 59.1 Å². The van der Waals surface area contributed by atoms with Crippen LogP contribution in [0.1, 0.15) is 12.7 Å². The number of amides is 1. The molecule has 158 valence electrons. The predicted molar refractivity (Wildman–Crippen MR) is 114 cm³/mol. The van der Waals surface area contributed by atoms with Crippen molar-refractivity contribution in [2.45, 2.75) is 18.7 Å². The second kappa shape index (κ2) is 10.3. The summed E-state index contributed by atoms with van der Waals surface area (Å²) >= 11 is 7.00. The van der Waals surface area contributed by atoms with Gasteiger partial charge in [0.2, 0.25) is 5.91 Å². The third-order valence-corrected chi connectivity index (χ3v) is 5.29. The lowest BCUT2D eigenvalue weighted by molar-refractivity contribution is -0.113. The summed E-state index contributed by atoms with van der Waals surface area (Å²) in [4.78, 5) is 12.3. The SMILES string of the molecule is CCOc1ccccc1NC(=O)CSc1nnc(COc2ccc(F)c(Cl)c2)n1C. The third kappa shape index (κ3) is 5.64. The monoisotopic (exact) mass is 450 g/mol. The highest BCUT2D eigenvalue weighted by Gasteiger charge is 2.13. The zero-order valence-corrected chi connectivity index (χ0v) is 18.0. The first-order valence-electron chi connectivity index (χ1n) is 9.08. The van der Waals surface area contributed by atoms with Crippen molar-refractivity contribution >= 4 is 35.0 Å². The quantitative estimate of drug-likeness (QED) is 0.489. The summed E-state index contributed by atoms with van der Waals surface area (Å²) in [5, 5.41) is 11.6. The van der Waals surface area contributed by atoms with Crippen LogP contribution in [0.25, 0.3) is 0 Å². The molecule has 0 saturated carbocycles. The number of carbonyl (C=O) groups is 1. The first-order chi connectivity index (χ1) is 14.5. The van der Waals surface area contributed by atoms with Crippen molar-refractivity contribution in [1.29, 1.82) is 0 Å². The molecule has 0 atom stereocenters. The molecule has 30 heavy (non-hydrogen) atoms. The highest BCUT2D eigenvalue weighted by atomic mass is 35.5. The van der Waals surface area contributed by atoms with Gasteiger partial charge < -0.3 is 19.4 Å². The van der Waals surface area contributed by atoms with Gasteiger partial charge in [-0.15, -0.1) is 10.2 Å². The number of hydrogen-bond acceptors (Lipinski definition) is 6. The van der Waals surface area contributed by atoms with Crippen LogP contribution in [0, 0.1) is 5.82 Å². The number of rotatable bonds is 9. The van der Waals surface area contributed by atoms with Crippen molar-refractivity contribution in [2.75, 3.05) is 17.7 Å². The van der Waals surface area contributed by atoms with Crippen LogP contribution in [-0.4, -0.2) is 33.0 Å². The molecular formula is C20H20ClFN4O3S. The van der Waals surface area contributed by atoms with E-state index < -0.39 is 5.82 Å². The van der Waals surface area contributed by atoms with Gasteiger partial charge in [0.25, 0.3) is 0 Å². The summed E-state index contributed by atoms with van der Waals surface area (Å²) in [6.45, 7) is 2.52. The molecule has 0 aliphatic heterocycles. The fourth-order valence-corrected chi connectivity index (χ4v) is 3.38. The van der Waals surface area contributed by atoms with Gasteiger partial charge in [-0.1, -0.05) is 35.5 Å². The van der Waals surface area contributed by atoms with Crippen molar-refractivity contribution in [3.63, 3.8) is 0 Å². The fourth-order valence-electron chi connectivity index (χ4n) is 2.48. The Morgan fingerprint density at radius 1 is 1.23 bits per heavy atom. The van der Waals surface area contributed by atoms with Gasteiger partial charge >= 0.3 is 0 Å². The Morgan fingerprint density at radius 2 is 2.03 bits per heavy atom. The van der Waals surface area contributed by atoms with Gasteiger partial charge in [0, 0.05) is 13.1 Å². The molecule has 0 unspecified atom stereocenters. The number of para-hydroxylation sites is 2. The maximum absolute atomic E-state index is 13.2. The van der Waals surface area contributed by atoms with E-state index in [2.05, 4.69) is 15.5 Å². The van der Waals surface area contributed by atoms with Crippen LogP contribution in [0.5, 0.6) is 11.5 Å². The van der Waals surface area contributed by atoms with Crippen LogP contribution >= 0.6 is 23.4 Å². The largest absolute Gasteiger partial charge is 0.492 e. The summed E-state index contributed by atoms with van der Waals surface area (Å²) in [5.74, 6) is 1.06. The molecule has 1 aromatic heterocycles. The second-order valence-corrected chi connectivity index (χ2v) is 7.44. The number of thioether (sulfide) groups is 1. The van der Waals surface area contributed by atoms with Crippen LogP contribution in [0.3, 0.4) is 0 Å². The molecule has 0 fully saturated rings. The standard InChI is InChI=1S/C20H20ClFN4O3S/c1-3-28-17-7-5-4-6-16(17)23-19(27)12-30-20-25-24-18(26(20)2)11-29-13-8-9-15(22)14(21)10-13/h4-10H,3,11-12H2,1-2H3,(H,23,27). The molecule has 0 bridgehead atoms. The Hall–Kier alpha value is -2.78. The van der Waals surface area contributed by atoms with Crippen molar-refractivity contribution in [3.8, 4) is 11.5 Å². The normalized spacial score (nSPS) is 10.7. The molecular weight excluding hydrogens is 431 g/mol. The molecule has 2 aromatic carbocycles. The summed E-state index contributed by atoms with van der Waals surface area (Å²) in [6.07, 6.45) is 0. The molecule has 10 heteroatoms. The maximum Gasteiger partial charge on any atom is 0.234 e. The molecule has 0 saturated heterocycles. The third-order valence-electron chi connectivity index (χ3n) is 3.98. The van der Waals surface area contributed by atoms with Gasteiger partial charge in [-0.25, -0.2) is 4.39 Å². The molecule has 1 N–H and O–H groups in total. The number of hydrogen-bond donors (Lipinski definition) is 1. The molecule has 3 aromatic rings. The van der Waals surface area contributed by atoms with E-state index in [-0.39, 0.29) is 23.3 Å². The zero-order valence-electron chi connectivity index (χ0n) is 16.4. The Labute approximate surface area is 182 Å². The lowest BCUT2D eigenvalue weighted by atomic mass is 10.3. The Balaban J connectivity index is 1.54. The van der Waals surface area contributed by atoms with Crippen LogP contribution < -0.4 is 14.8 Å². The Kier molecular flexibility index (Phi) is 7.53. The minimum atomic E-state index is -0.511. The summed E-state index contributed by atoms with van der Waals surface area (Å²) in [5.41, 5.74) is 0.620. The fraction of sp³-hybridized carbons (Fsp3) is 0.250. The molecule has 1 heterocycles. The Morgan fingerprint density at radius 3 is 2.80 bits per heavy atom. The van der Waals surface area contributed by atoms with Gasteiger partial charge in [0.05, 0.1) is 23.1 Å². The lowest BCUT2D eigenvalue weighted by Crippen LogP contribution is -2.15. The van der Waals surface area contributed by atoms with E-state index >= 15 is 0 Å². The van der Waals surface area contributed by atoms with E-state index in [1.54, 1.807) is 23.7 Å². The number of benzene rings is 2. The average Bonchev–Trinajstić information content (AvgIpc) is 3.08. The summed E-state index contributed by atoms with van der Waals surface area (Å²) < 4.78 is 26.0. The smallest absolute Gasteiger partial charge is 0.234 e. The van der Waals surface area contributed by atoms with Gasteiger partial charge in [-0.3, -0.25) is 4.79 Å². The summed E-state index contributed by atoms with van der Waals surface area (Å²) in [6, 6.07) is 11.4. The lowest BCUT2D eigenvalue weighted by Gasteiger charge is -2.11. The second-order valence-electron chi connectivity index (χ2n) is 6.09. The van der Waals surface area contributed by atoms with Crippen molar-refractivity contribution < 1.29 is 18.7 Å². The number of aromatic nitrogens is 3. The van der Waals surface area contributed by atoms with E-state index in [9.17, 15) is 9.18 Å². The molecule has 1 amide bonds. The molecule has 7 nitrogen and oxygen atoms in total. The van der Waals surface area contributed by atoms with Gasteiger partial charge in [-0.2, -0.15) is 0 Å². The minimum Gasteiger partial charge on any atom is -0.492 e. The Bertz CT molecular complexity index is 1030. The number of ether oxygens (including phenoxy) is 2. The van der Waals surface area contributed by atoms with Gasteiger partial charge in [0.1, 0.15) is 23.9 Å². The average molecular weight is 451 g/mol. The van der Waals surface area contributed by atoms with E-state index in [1.165, 1.54) is 30.0 Å². The minimum absolute atomic E-state index is 0.0152. The predicted octanol–water partition coefficient (Wildman–Crippen LogP) is 4.32. The number of nitrogens with zero attached hydrogens (tertiary/aromatic N) is 3. The number of carbonyl (C=O) groups excluding carboxylic acids is 1. The molecule has 0 aliphatic carbocycles. The first-order valence-corrected chi connectivity index (χ1v) is 10.4.